The number of para-hydroxylation sites is 2. The second-order valence-electron chi connectivity index (χ2n) is 7.56. The summed E-state index contributed by atoms with van der Waals surface area (Å²) in [7, 11) is 0. The number of rotatable bonds is 5. The third kappa shape index (κ3) is 4.40. The molecule has 3 aromatic rings. The van der Waals surface area contributed by atoms with Gasteiger partial charge in [-0.2, -0.15) is 0 Å². The van der Waals surface area contributed by atoms with E-state index in [-0.39, 0.29) is 0 Å². The summed E-state index contributed by atoms with van der Waals surface area (Å²) in [5.41, 5.74) is 3.53. The molecule has 1 unspecified atom stereocenters. The van der Waals surface area contributed by atoms with Gasteiger partial charge in [-0.05, 0) is 31.7 Å². The van der Waals surface area contributed by atoms with Gasteiger partial charge in [-0.1, -0.05) is 48.9 Å². The number of carbonyl (C=O) groups is 2. The lowest BCUT2D eigenvalue weighted by molar-refractivity contribution is -0.123. The van der Waals surface area contributed by atoms with Gasteiger partial charge in [-0.25, -0.2) is 4.79 Å². The number of likely N-dealkylation sites (N-methyl/N-ethyl adjacent to an activating group) is 1. The van der Waals surface area contributed by atoms with Crippen LogP contribution in [0.25, 0.3) is 10.9 Å². The zero-order valence-electron chi connectivity index (χ0n) is 17.5. The number of hydrogen-bond acceptors (Lipinski definition) is 5. The van der Waals surface area contributed by atoms with Crippen LogP contribution in [0.15, 0.2) is 48.5 Å². The molecular formula is C24H24ClN3O3. The molecule has 0 saturated heterocycles. The Kier molecular flexibility index (Phi) is 6.20. The van der Waals surface area contributed by atoms with E-state index in [2.05, 4.69) is 17.1 Å². The molecule has 1 N–H and O–H groups in total. The first-order valence-electron chi connectivity index (χ1n) is 10.4. The third-order valence-corrected chi connectivity index (χ3v) is 5.89. The maximum atomic E-state index is 13.3. The number of nitrogens with zero attached hydrogens (tertiary/aromatic N) is 2. The Bertz CT molecular complexity index is 1150. The minimum Gasteiger partial charge on any atom is -0.449 e. The van der Waals surface area contributed by atoms with Crippen molar-refractivity contribution in [3.63, 3.8) is 0 Å². The highest BCUT2D eigenvalue weighted by atomic mass is 35.5. The lowest BCUT2D eigenvalue weighted by Gasteiger charge is -2.29. The molecule has 0 radical (unpaired) electrons. The first kappa shape index (κ1) is 21.3. The first-order valence-corrected chi connectivity index (χ1v) is 10.7. The number of hydrogen-bond donors (Lipinski definition) is 1. The van der Waals surface area contributed by atoms with Crippen molar-refractivity contribution in [1.29, 1.82) is 0 Å². The third-order valence-electron chi connectivity index (χ3n) is 5.56. The van der Waals surface area contributed by atoms with Crippen LogP contribution in [-0.4, -0.2) is 41.0 Å². The summed E-state index contributed by atoms with van der Waals surface area (Å²) in [6.45, 7) is 6.07. The predicted octanol–water partition coefficient (Wildman–Crippen LogP) is 4.45. The number of fused-ring (bicyclic) bond motifs is 2. The summed E-state index contributed by atoms with van der Waals surface area (Å²) < 4.78 is 5.61. The van der Waals surface area contributed by atoms with Crippen LogP contribution in [0.5, 0.6) is 0 Å². The molecule has 0 bridgehead atoms. The number of anilines is 1. The summed E-state index contributed by atoms with van der Waals surface area (Å²) in [4.78, 5) is 32.9. The fourth-order valence-electron chi connectivity index (χ4n) is 3.82. The topological polar surface area (TPSA) is 71.5 Å². The van der Waals surface area contributed by atoms with Gasteiger partial charge in [0, 0.05) is 36.2 Å². The number of pyridine rings is 1. The number of benzene rings is 2. The molecule has 0 spiro atoms. The van der Waals surface area contributed by atoms with Crippen LogP contribution in [0.3, 0.4) is 0 Å². The minimum atomic E-state index is -0.989. The van der Waals surface area contributed by atoms with Crippen molar-refractivity contribution in [2.24, 2.45) is 0 Å². The van der Waals surface area contributed by atoms with Gasteiger partial charge in [-0.3, -0.25) is 14.7 Å². The number of aromatic nitrogens is 1. The molecule has 31 heavy (non-hydrogen) atoms. The van der Waals surface area contributed by atoms with Crippen molar-refractivity contribution in [2.75, 3.05) is 18.4 Å². The molecule has 6 nitrogen and oxygen atoms in total. The van der Waals surface area contributed by atoms with Crippen LogP contribution < -0.4 is 5.32 Å². The van der Waals surface area contributed by atoms with Crippen molar-refractivity contribution in [2.45, 2.75) is 32.9 Å². The molecule has 2 aromatic carbocycles. The number of halogens is 1. The molecule has 0 aliphatic carbocycles. The molecule has 0 fully saturated rings. The maximum absolute atomic E-state index is 13.3. The van der Waals surface area contributed by atoms with Gasteiger partial charge in [0.1, 0.15) is 0 Å². The van der Waals surface area contributed by atoms with Crippen molar-refractivity contribution in [3.8, 4) is 0 Å². The van der Waals surface area contributed by atoms with E-state index in [0.717, 1.165) is 41.7 Å². The summed E-state index contributed by atoms with van der Waals surface area (Å²) in [5.74, 6) is -0.960. The molecule has 1 aromatic heterocycles. The molecule has 160 valence electrons. The quantitative estimate of drug-likeness (QED) is 0.597. The summed E-state index contributed by atoms with van der Waals surface area (Å²) in [6.07, 6.45) is -0.214. The smallest absolute Gasteiger partial charge is 0.339 e. The second kappa shape index (κ2) is 9.04. The van der Waals surface area contributed by atoms with Gasteiger partial charge in [0.25, 0.3) is 5.91 Å². The molecule has 4 rings (SSSR count). The molecule has 1 amide bonds. The van der Waals surface area contributed by atoms with E-state index in [4.69, 9.17) is 21.3 Å². The highest BCUT2D eigenvalue weighted by molar-refractivity contribution is 6.33. The van der Waals surface area contributed by atoms with Crippen LogP contribution in [0.1, 0.15) is 35.5 Å². The van der Waals surface area contributed by atoms with Crippen molar-refractivity contribution in [3.05, 3.63) is 70.4 Å². The second-order valence-corrected chi connectivity index (χ2v) is 7.97. The molecular weight excluding hydrogens is 414 g/mol. The van der Waals surface area contributed by atoms with Gasteiger partial charge in [0.2, 0.25) is 0 Å². The Balaban J connectivity index is 1.62. The standard InChI is InChI=1S/C24H24ClN3O3/c1-3-28-13-12-20-17(14-28)22(16-8-4-6-10-19(16)26-20)24(30)31-15(2)23(29)27-21-11-7-5-9-18(21)25/h4-11,15H,3,12-14H2,1-2H3,(H,27,29). The van der Waals surface area contributed by atoms with E-state index >= 15 is 0 Å². The lowest BCUT2D eigenvalue weighted by Crippen LogP contribution is -2.34. The summed E-state index contributed by atoms with van der Waals surface area (Å²) >= 11 is 6.11. The van der Waals surface area contributed by atoms with Gasteiger partial charge in [-0.15, -0.1) is 0 Å². The molecule has 1 atom stereocenters. The van der Waals surface area contributed by atoms with Crippen molar-refractivity contribution >= 4 is 40.1 Å². The average Bonchev–Trinajstić information content (AvgIpc) is 2.78. The van der Waals surface area contributed by atoms with E-state index in [1.54, 1.807) is 31.2 Å². The van der Waals surface area contributed by atoms with E-state index in [1.165, 1.54) is 0 Å². The lowest BCUT2D eigenvalue weighted by atomic mass is 9.95. The molecule has 1 aliphatic rings. The van der Waals surface area contributed by atoms with Gasteiger partial charge in [0.15, 0.2) is 6.10 Å². The minimum absolute atomic E-state index is 0.420. The van der Waals surface area contributed by atoms with Crippen LogP contribution >= 0.6 is 11.6 Å². The molecule has 7 heteroatoms. The maximum Gasteiger partial charge on any atom is 0.339 e. The van der Waals surface area contributed by atoms with Crippen molar-refractivity contribution in [1.82, 2.24) is 9.88 Å². The monoisotopic (exact) mass is 437 g/mol. The highest BCUT2D eigenvalue weighted by Gasteiger charge is 2.28. The fraction of sp³-hybridized carbons (Fsp3) is 0.292. The van der Waals surface area contributed by atoms with Gasteiger partial charge in [0.05, 0.1) is 21.8 Å². The first-order chi connectivity index (χ1) is 15.0. The number of nitrogens with one attached hydrogen (secondary N) is 1. The van der Waals surface area contributed by atoms with Crippen LogP contribution in [0, 0.1) is 0 Å². The highest BCUT2D eigenvalue weighted by Crippen LogP contribution is 2.29. The fourth-order valence-corrected chi connectivity index (χ4v) is 4.00. The number of amides is 1. The molecule has 2 heterocycles. The van der Waals surface area contributed by atoms with Crippen LogP contribution in [-0.2, 0) is 22.5 Å². The Morgan fingerprint density at radius 2 is 1.94 bits per heavy atom. The number of carbonyl (C=O) groups excluding carboxylic acids is 2. The Hall–Kier alpha value is -2.96. The number of esters is 1. The van der Waals surface area contributed by atoms with Crippen LogP contribution in [0.2, 0.25) is 5.02 Å². The summed E-state index contributed by atoms with van der Waals surface area (Å²) in [6, 6.07) is 14.5. The zero-order chi connectivity index (χ0) is 22.0. The van der Waals surface area contributed by atoms with Gasteiger partial charge >= 0.3 is 5.97 Å². The number of ether oxygens (including phenoxy) is 1. The molecule has 0 saturated carbocycles. The van der Waals surface area contributed by atoms with E-state index in [9.17, 15) is 9.59 Å². The summed E-state index contributed by atoms with van der Waals surface area (Å²) in [5, 5.41) is 3.87. The van der Waals surface area contributed by atoms with Crippen molar-refractivity contribution < 1.29 is 14.3 Å². The van der Waals surface area contributed by atoms with E-state index < -0.39 is 18.0 Å². The van der Waals surface area contributed by atoms with Crippen LogP contribution in [0.4, 0.5) is 5.69 Å². The Morgan fingerprint density at radius 3 is 2.71 bits per heavy atom. The van der Waals surface area contributed by atoms with Gasteiger partial charge < -0.3 is 10.1 Å². The largest absolute Gasteiger partial charge is 0.449 e. The Morgan fingerprint density at radius 1 is 1.19 bits per heavy atom. The van der Waals surface area contributed by atoms with E-state index in [1.807, 2.05) is 24.3 Å². The Labute approximate surface area is 186 Å². The van der Waals surface area contributed by atoms with E-state index in [0.29, 0.717) is 22.8 Å². The molecule has 1 aliphatic heterocycles. The SMILES string of the molecule is CCN1CCc2nc3ccccc3c(C(=O)OC(C)C(=O)Nc3ccccc3Cl)c2C1. The normalized spacial score (nSPS) is 14.7. The predicted molar refractivity (Wildman–Crippen MR) is 121 cm³/mol. The average molecular weight is 438 g/mol. The zero-order valence-corrected chi connectivity index (χ0v) is 18.3.